The maximum Gasteiger partial charge on any atom is 0.317 e. The SMILES string of the molecule is C=C(O)CN1CCN(CC(=O)O)CCN(CC(=O)O)CC(Cc2ccc(CC(C)=S)cc2)N(CC(=O)O)CC1. The molecule has 12 heteroatoms. The van der Waals surface area contributed by atoms with E-state index in [1.54, 1.807) is 9.80 Å². The third-order valence-corrected chi connectivity index (χ3v) is 6.71. The molecule has 0 radical (unpaired) electrons. The lowest BCUT2D eigenvalue weighted by Gasteiger charge is -2.37. The Morgan fingerprint density at radius 3 is 1.74 bits per heavy atom. The van der Waals surface area contributed by atoms with Gasteiger partial charge in [0, 0.05) is 58.3 Å². The molecule has 1 saturated heterocycles. The summed E-state index contributed by atoms with van der Waals surface area (Å²) in [4.78, 5) is 43.1. The van der Waals surface area contributed by atoms with Crippen LogP contribution in [-0.2, 0) is 27.2 Å². The number of benzene rings is 1. The number of rotatable bonds is 12. The predicted molar refractivity (Wildman–Crippen MR) is 151 cm³/mol. The zero-order valence-corrected chi connectivity index (χ0v) is 23.3. The van der Waals surface area contributed by atoms with Gasteiger partial charge in [-0.25, -0.2) is 0 Å². The molecule has 0 amide bonds. The maximum absolute atomic E-state index is 11.9. The molecule has 216 valence electrons. The smallest absolute Gasteiger partial charge is 0.317 e. The highest BCUT2D eigenvalue weighted by Crippen LogP contribution is 2.15. The lowest BCUT2D eigenvalue weighted by molar-refractivity contribution is -0.141. The van der Waals surface area contributed by atoms with Crippen LogP contribution < -0.4 is 0 Å². The van der Waals surface area contributed by atoms with Crippen LogP contribution in [-0.4, -0.2) is 141 Å². The molecule has 1 aromatic rings. The van der Waals surface area contributed by atoms with Gasteiger partial charge in [-0.2, -0.15) is 0 Å². The number of nitrogens with zero attached hydrogens (tertiary/aromatic N) is 4. The van der Waals surface area contributed by atoms with Crippen LogP contribution >= 0.6 is 12.2 Å². The molecule has 0 aliphatic carbocycles. The van der Waals surface area contributed by atoms with E-state index in [1.807, 2.05) is 41.0 Å². The molecule has 1 aliphatic heterocycles. The number of carboxylic acids is 3. The first-order chi connectivity index (χ1) is 18.4. The topological polar surface area (TPSA) is 145 Å². The Balaban J connectivity index is 2.39. The first kappa shape index (κ1) is 32.3. The van der Waals surface area contributed by atoms with E-state index in [9.17, 15) is 34.8 Å². The highest BCUT2D eigenvalue weighted by molar-refractivity contribution is 7.80. The van der Waals surface area contributed by atoms with Gasteiger partial charge in [0.15, 0.2) is 0 Å². The Morgan fingerprint density at radius 2 is 1.23 bits per heavy atom. The van der Waals surface area contributed by atoms with Gasteiger partial charge in [0.2, 0.25) is 0 Å². The molecule has 1 aliphatic rings. The van der Waals surface area contributed by atoms with Crippen LogP contribution in [0.1, 0.15) is 18.1 Å². The zero-order valence-electron chi connectivity index (χ0n) is 22.5. The van der Waals surface area contributed by atoms with E-state index in [1.165, 1.54) is 0 Å². The van der Waals surface area contributed by atoms with Crippen molar-refractivity contribution in [3.8, 4) is 0 Å². The van der Waals surface area contributed by atoms with Crippen LogP contribution in [0.25, 0.3) is 0 Å². The molecule has 39 heavy (non-hydrogen) atoms. The summed E-state index contributed by atoms with van der Waals surface area (Å²) in [5, 5.41) is 38.5. The summed E-state index contributed by atoms with van der Waals surface area (Å²) in [6.07, 6.45) is 1.18. The lowest BCUT2D eigenvalue weighted by Crippen LogP contribution is -2.53. The minimum atomic E-state index is -1.01. The summed E-state index contributed by atoms with van der Waals surface area (Å²) in [6, 6.07) is 7.64. The van der Waals surface area contributed by atoms with Crippen molar-refractivity contribution in [1.29, 1.82) is 0 Å². The van der Waals surface area contributed by atoms with E-state index in [4.69, 9.17) is 12.2 Å². The Morgan fingerprint density at radius 1 is 0.769 bits per heavy atom. The van der Waals surface area contributed by atoms with E-state index in [-0.39, 0.29) is 44.5 Å². The monoisotopic (exact) mass is 564 g/mol. The molecule has 1 atom stereocenters. The molecule has 1 aromatic carbocycles. The van der Waals surface area contributed by atoms with Gasteiger partial charge in [0.1, 0.15) is 0 Å². The van der Waals surface area contributed by atoms with E-state index >= 15 is 0 Å². The Bertz CT molecular complexity index is 1000. The molecule has 0 spiro atoms. The standard InChI is InChI=1S/C27H40N4O7S/c1-20(32)15-28-7-8-29(17-25(33)34)9-10-30(18-26(35)36)16-24(31(12-11-28)19-27(37)38)14-23-5-3-22(4-6-23)13-21(2)39/h3-6,24,32H,1,7-19H2,2H3,(H,33,34)(H,35,36)(H,37,38). The Labute approximate surface area is 234 Å². The minimum absolute atomic E-state index is 0.0347. The fourth-order valence-electron chi connectivity index (χ4n) is 4.78. The first-order valence-corrected chi connectivity index (χ1v) is 13.3. The maximum atomic E-state index is 11.9. The van der Waals surface area contributed by atoms with Crippen LogP contribution in [0.4, 0.5) is 0 Å². The highest BCUT2D eigenvalue weighted by atomic mass is 32.1. The third kappa shape index (κ3) is 13.1. The number of aliphatic hydroxyl groups excluding tert-OH is 1. The number of hydrogen-bond donors (Lipinski definition) is 4. The highest BCUT2D eigenvalue weighted by Gasteiger charge is 2.27. The minimum Gasteiger partial charge on any atom is -0.512 e. The van der Waals surface area contributed by atoms with Gasteiger partial charge >= 0.3 is 17.9 Å². The van der Waals surface area contributed by atoms with E-state index in [2.05, 4.69) is 6.58 Å². The van der Waals surface area contributed by atoms with E-state index in [0.29, 0.717) is 52.1 Å². The number of carbonyl (C=O) groups is 3. The Hall–Kier alpha value is -2.90. The van der Waals surface area contributed by atoms with Gasteiger partial charge in [0.05, 0.1) is 31.9 Å². The molecule has 0 bridgehead atoms. The molecular weight excluding hydrogens is 524 g/mol. The van der Waals surface area contributed by atoms with Crippen molar-refractivity contribution in [1.82, 2.24) is 19.6 Å². The van der Waals surface area contributed by atoms with Crippen LogP contribution in [0.15, 0.2) is 36.6 Å². The van der Waals surface area contributed by atoms with Gasteiger partial charge in [0.25, 0.3) is 0 Å². The average Bonchev–Trinajstić information content (AvgIpc) is 2.81. The molecule has 1 fully saturated rings. The molecule has 0 aromatic heterocycles. The van der Waals surface area contributed by atoms with E-state index < -0.39 is 17.9 Å². The number of carboxylic acid groups (broad SMARTS) is 3. The van der Waals surface area contributed by atoms with E-state index in [0.717, 1.165) is 16.0 Å². The van der Waals surface area contributed by atoms with Crippen molar-refractivity contribution in [2.75, 3.05) is 72.0 Å². The second kappa shape index (κ2) is 16.3. The summed E-state index contributed by atoms with van der Waals surface area (Å²) in [7, 11) is 0. The number of aliphatic hydroxyl groups is 1. The predicted octanol–water partition coefficient (Wildman–Crippen LogP) is 1.08. The molecule has 2 rings (SSSR count). The first-order valence-electron chi connectivity index (χ1n) is 12.9. The van der Waals surface area contributed by atoms with Crippen molar-refractivity contribution < 1.29 is 34.8 Å². The summed E-state index contributed by atoms with van der Waals surface area (Å²) in [5.74, 6) is -3.02. The van der Waals surface area contributed by atoms with Crippen molar-refractivity contribution >= 4 is 35.0 Å². The molecule has 4 N–H and O–H groups in total. The summed E-state index contributed by atoms with van der Waals surface area (Å²) < 4.78 is 0. The van der Waals surface area contributed by atoms with Crippen LogP contribution in [0.5, 0.6) is 0 Å². The summed E-state index contributed by atoms with van der Waals surface area (Å²) >= 11 is 5.21. The molecule has 0 saturated carbocycles. The quantitative estimate of drug-likeness (QED) is 0.213. The lowest BCUT2D eigenvalue weighted by atomic mass is 10.0. The van der Waals surface area contributed by atoms with Gasteiger partial charge < -0.3 is 20.4 Å². The fraction of sp³-hybridized carbons (Fsp3) is 0.556. The summed E-state index contributed by atoms with van der Waals surface area (Å²) in [6.45, 7) is 7.46. The number of aliphatic carboxylic acids is 3. The summed E-state index contributed by atoms with van der Waals surface area (Å²) in [5.41, 5.74) is 2.06. The van der Waals surface area contributed by atoms with Crippen LogP contribution in [0.2, 0.25) is 0 Å². The normalized spacial score (nSPS) is 19.1. The largest absolute Gasteiger partial charge is 0.512 e. The molecule has 11 nitrogen and oxygen atoms in total. The van der Waals surface area contributed by atoms with Gasteiger partial charge in [-0.15, -0.1) is 0 Å². The van der Waals surface area contributed by atoms with Gasteiger partial charge in [-0.1, -0.05) is 43.1 Å². The average molecular weight is 565 g/mol. The third-order valence-electron chi connectivity index (χ3n) is 6.56. The zero-order chi connectivity index (χ0) is 28.9. The van der Waals surface area contributed by atoms with Crippen molar-refractivity contribution in [3.63, 3.8) is 0 Å². The van der Waals surface area contributed by atoms with Gasteiger partial charge in [-0.05, 0) is 29.3 Å². The second-order valence-electron chi connectivity index (χ2n) is 10.1. The van der Waals surface area contributed by atoms with Crippen molar-refractivity contribution in [2.24, 2.45) is 0 Å². The van der Waals surface area contributed by atoms with Gasteiger partial charge in [-0.3, -0.25) is 34.0 Å². The number of hydrogen-bond acceptors (Lipinski definition) is 9. The fourth-order valence-corrected chi connectivity index (χ4v) is 4.94. The van der Waals surface area contributed by atoms with Crippen LogP contribution in [0, 0.1) is 0 Å². The number of thiocarbonyl (C=S) groups is 1. The van der Waals surface area contributed by atoms with Crippen molar-refractivity contribution in [2.45, 2.75) is 25.8 Å². The second-order valence-corrected chi connectivity index (χ2v) is 10.8. The van der Waals surface area contributed by atoms with Crippen LogP contribution in [0.3, 0.4) is 0 Å². The molecule has 1 unspecified atom stereocenters. The molecular formula is C27H40N4O7S. The Kier molecular flexibility index (Phi) is 13.5. The van der Waals surface area contributed by atoms with Crippen molar-refractivity contribution in [3.05, 3.63) is 47.7 Å². The molecule has 1 heterocycles.